The lowest BCUT2D eigenvalue weighted by molar-refractivity contribution is 0.627. The number of aromatic amines is 1. The van der Waals surface area contributed by atoms with E-state index in [1.165, 1.54) is 12.1 Å². The molecule has 1 aromatic carbocycles. The Morgan fingerprint density at radius 3 is 2.76 bits per heavy atom. The fourth-order valence-corrected chi connectivity index (χ4v) is 3.32. The lowest BCUT2D eigenvalue weighted by atomic mass is 10.2. The highest BCUT2D eigenvalue weighted by Gasteiger charge is 2.13. The molecule has 0 fully saturated rings. The first-order chi connectivity index (χ1) is 14.1. The molecule has 0 radical (unpaired) electrons. The van der Waals surface area contributed by atoms with Crippen LogP contribution in [-0.2, 0) is 13.0 Å². The summed E-state index contributed by atoms with van der Waals surface area (Å²) in [6.45, 7) is 3.17. The van der Waals surface area contributed by atoms with Crippen LogP contribution in [0.3, 0.4) is 0 Å². The fraction of sp³-hybridized carbons (Fsp3) is 0.227. The molecule has 6 nitrogen and oxygen atoms in total. The van der Waals surface area contributed by atoms with Gasteiger partial charge in [-0.15, -0.1) is 0 Å². The van der Waals surface area contributed by atoms with Crippen LogP contribution in [0, 0.1) is 12.7 Å². The van der Waals surface area contributed by atoms with Gasteiger partial charge in [-0.2, -0.15) is 5.10 Å². The molecule has 0 amide bonds. The van der Waals surface area contributed by atoms with E-state index in [9.17, 15) is 9.18 Å². The van der Waals surface area contributed by atoms with Gasteiger partial charge in [0.15, 0.2) is 0 Å². The van der Waals surface area contributed by atoms with Crippen molar-refractivity contribution in [2.24, 2.45) is 0 Å². The van der Waals surface area contributed by atoms with Crippen molar-refractivity contribution in [3.8, 4) is 5.69 Å². The molecule has 3 heterocycles. The second-order valence-corrected chi connectivity index (χ2v) is 6.96. The third-order valence-electron chi connectivity index (χ3n) is 4.85. The largest absolute Gasteiger partial charge is 0.312 e. The smallest absolute Gasteiger partial charge is 0.254 e. The molecule has 0 bridgehead atoms. The topological polar surface area (TPSA) is 75.6 Å². The molecular formula is C22H22FN5O. The fourth-order valence-electron chi connectivity index (χ4n) is 3.32. The first-order valence-electron chi connectivity index (χ1n) is 9.60. The normalized spacial score (nSPS) is 11.2. The predicted octanol–water partition coefficient (Wildman–Crippen LogP) is 3.28. The average molecular weight is 391 g/mol. The molecule has 2 N–H and O–H groups in total. The molecule has 148 valence electrons. The van der Waals surface area contributed by atoms with E-state index in [-0.39, 0.29) is 11.4 Å². The summed E-state index contributed by atoms with van der Waals surface area (Å²) in [5.41, 5.74) is 3.68. The van der Waals surface area contributed by atoms with Crippen molar-refractivity contribution in [3.05, 3.63) is 87.9 Å². The van der Waals surface area contributed by atoms with Crippen LogP contribution in [-0.4, -0.2) is 26.3 Å². The summed E-state index contributed by atoms with van der Waals surface area (Å²) in [6, 6.07) is 13.8. The van der Waals surface area contributed by atoms with E-state index < -0.39 is 0 Å². The highest BCUT2D eigenvalue weighted by atomic mass is 19.1. The highest BCUT2D eigenvalue weighted by molar-refractivity contribution is 5.80. The van der Waals surface area contributed by atoms with Gasteiger partial charge in [-0.1, -0.05) is 6.07 Å². The van der Waals surface area contributed by atoms with Gasteiger partial charge < -0.3 is 10.3 Å². The van der Waals surface area contributed by atoms with Crippen molar-refractivity contribution < 1.29 is 4.39 Å². The summed E-state index contributed by atoms with van der Waals surface area (Å²) < 4.78 is 14.8. The SMILES string of the molecule is Cc1nn(-c2ccc(F)cc2)c2[nH]c(=O)c(CNCCCc3ccccn3)cc12. The predicted molar refractivity (Wildman–Crippen MR) is 111 cm³/mol. The van der Waals surface area contributed by atoms with Crippen LogP contribution in [0.25, 0.3) is 16.7 Å². The van der Waals surface area contributed by atoms with Crippen molar-refractivity contribution in [2.75, 3.05) is 6.54 Å². The van der Waals surface area contributed by atoms with Gasteiger partial charge in [0.05, 0.1) is 11.4 Å². The van der Waals surface area contributed by atoms with Gasteiger partial charge in [-0.05, 0) is 68.8 Å². The van der Waals surface area contributed by atoms with Crippen LogP contribution in [0.1, 0.15) is 23.4 Å². The monoisotopic (exact) mass is 391 g/mol. The molecule has 29 heavy (non-hydrogen) atoms. The van der Waals surface area contributed by atoms with Gasteiger partial charge in [0.2, 0.25) is 0 Å². The van der Waals surface area contributed by atoms with Crippen LogP contribution in [0.15, 0.2) is 59.5 Å². The third kappa shape index (κ3) is 4.25. The Hall–Kier alpha value is -3.32. The number of H-pyrrole nitrogens is 1. The second-order valence-electron chi connectivity index (χ2n) is 6.96. The van der Waals surface area contributed by atoms with Gasteiger partial charge in [0, 0.05) is 29.4 Å². The van der Waals surface area contributed by atoms with Gasteiger partial charge in [0.25, 0.3) is 5.56 Å². The van der Waals surface area contributed by atoms with E-state index in [1.54, 1.807) is 23.0 Å². The van der Waals surface area contributed by atoms with Crippen molar-refractivity contribution in [3.63, 3.8) is 0 Å². The Morgan fingerprint density at radius 1 is 1.17 bits per heavy atom. The zero-order valence-corrected chi connectivity index (χ0v) is 16.2. The number of nitrogens with zero attached hydrogens (tertiary/aromatic N) is 3. The Bertz CT molecular complexity index is 1170. The van der Waals surface area contributed by atoms with Crippen LogP contribution in [0.4, 0.5) is 4.39 Å². The van der Waals surface area contributed by atoms with Gasteiger partial charge in [0.1, 0.15) is 11.5 Å². The summed E-state index contributed by atoms with van der Waals surface area (Å²) in [5, 5.41) is 8.71. The minimum atomic E-state index is -0.313. The molecule has 3 aromatic heterocycles. The van der Waals surface area contributed by atoms with E-state index in [4.69, 9.17) is 0 Å². The number of rotatable bonds is 7. The van der Waals surface area contributed by atoms with E-state index in [0.29, 0.717) is 23.4 Å². The zero-order chi connectivity index (χ0) is 20.2. The summed E-state index contributed by atoms with van der Waals surface area (Å²) in [5.74, 6) is -0.313. The Morgan fingerprint density at radius 2 is 2.00 bits per heavy atom. The highest BCUT2D eigenvalue weighted by Crippen LogP contribution is 2.20. The van der Waals surface area contributed by atoms with Gasteiger partial charge >= 0.3 is 0 Å². The minimum absolute atomic E-state index is 0.155. The molecule has 0 saturated heterocycles. The molecule has 0 saturated carbocycles. The van der Waals surface area contributed by atoms with E-state index in [0.717, 1.165) is 36.2 Å². The number of halogens is 1. The molecule has 0 aliphatic carbocycles. The molecule has 4 rings (SSSR count). The molecule has 0 atom stereocenters. The first kappa shape index (κ1) is 19.0. The molecular weight excluding hydrogens is 369 g/mol. The summed E-state index contributed by atoms with van der Waals surface area (Å²) in [6.07, 6.45) is 3.64. The van der Waals surface area contributed by atoms with Crippen molar-refractivity contribution in [1.29, 1.82) is 0 Å². The number of hydrogen-bond donors (Lipinski definition) is 2. The van der Waals surface area contributed by atoms with Crippen molar-refractivity contribution in [2.45, 2.75) is 26.3 Å². The number of fused-ring (bicyclic) bond motifs is 1. The van der Waals surface area contributed by atoms with Gasteiger partial charge in [-0.25, -0.2) is 9.07 Å². The number of aromatic nitrogens is 4. The van der Waals surface area contributed by atoms with Crippen LogP contribution in [0.5, 0.6) is 0 Å². The number of pyridine rings is 2. The van der Waals surface area contributed by atoms with Crippen molar-refractivity contribution >= 4 is 11.0 Å². The van der Waals surface area contributed by atoms with E-state index in [1.807, 2.05) is 31.2 Å². The summed E-state index contributed by atoms with van der Waals surface area (Å²) in [7, 11) is 0. The number of hydrogen-bond acceptors (Lipinski definition) is 4. The zero-order valence-electron chi connectivity index (χ0n) is 16.2. The average Bonchev–Trinajstić information content (AvgIpc) is 3.04. The quantitative estimate of drug-likeness (QED) is 0.474. The minimum Gasteiger partial charge on any atom is -0.312 e. The maximum atomic E-state index is 13.2. The molecule has 0 spiro atoms. The Labute approximate surface area is 167 Å². The Kier molecular flexibility index (Phi) is 5.48. The van der Waals surface area contributed by atoms with Gasteiger partial charge in [-0.3, -0.25) is 9.78 Å². The van der Waals surface area contributed by atoms with Crippen LogP contribution < -0.4 is 10.9 Å². The standard InChI is InChI=1S/C22H22FN5O/c1-15-20-13-16(14-24-11-4-6-18-5-2-3-12-25-18)22(29)26-21(20)28(27-15)19-9-7-17(23)8-10-19/h2-3,5,7-10,12-13,24H,4,6,11,14H2,1H3,(H,26,29). The first-order valence-corrected chi connectivity index (χ1v) is 9.60. The molecule has 7 heteroatoms. The Balaban J connectivity index is 1.47. The maximum Gasteiger partial charge on any atom is 0.254 e. The van der Waals surface area contributed by atoms with E-state index >= 15 is 0 Å². The number of benzene rings is 1. The summed E-state index contributed by atoms with van der Waals surface area (Å²) in [4.78, 5) is 19.8. The van der Waals surface area contributed by atoms with Crippen molar-refractivity contribution in [1.82, 2.24) is 25.1 Å². The number of aryl methyl sites for hydroxylation is 2. The molecule has 0 aliphatic heterocycles. The lowest BCUT2D eigenvalue weighted by Crippen LogP contribution is -2.22. The lowest BCUT2D eigenvalue weighted by Gasteiger charge is -2.06. The molecule has 0 unspecified atom stereocenters. The van der Waals surface area contributed by atoms with Crippen LogP contribution >= 0.6 is 0 Å². The summed E-state index contributed by atoms with van der Waals surface area (Å²) >= 11 is 0. The van der Waals surface area contributed by atoms with Crippen LogP contribution in [0.2, 0.25) is 0 Å². The molecule has 4 aromatic rings. The third-order valence-corrected chi connectivity index (χ3v) is 4.85. The number of nitrogens with one attached hydrogen (secondary N) is 2. The van der Waals surface area contributed by atoms with E-state index in [2.05, 4.69) is 20.4 Å². The second kappa shape index (κ2) is 8.36. The molecule has 0 aliphatic rings. The maximum absolute atomic E-state index is 13.2.